The van der Waals surface area contributed by atoms with E-state index < -0.39 is 5.67 Å². The van der Waals surface area contributed by atoms with Gasteiger partial charge in [0.25, 0.3) is 0 Å². The third-order valence-electron chi connectivity index (χ3n) is 3.93. The second-order valence-electron chi connectivity index (χ2n) is 6.58. The SMILES string of the molecule is CCC(Cc1cc(C(C)C)cs1)c1nccc(C(C)(C)F)n1. The Bertz CT molecular complexity index is 614. The molecule has 120 valence electrons. The first-order valence-electron chi connectivity index (χ1n) is 7.91. The number of alkyl halides is 1. The molecule has 2 heterocycles. The second-order valence-corrected chi connectivity index (χ2v) is 7.58. The van der Waals surface area contributed by atoms with Gasteiger partial charge in [0, 0.05) is 17.0 Å². The fourth-order valence-corrected chi connectivity index (χ4v) is 3.50. The number of halogens is 1. The van der Waals surface area contributed by atoms with Crippen molar-refractivity contribution in [3.63, 3.8) is 0 Å². The van der Waals surface area contributed by atoms with Crippen LogP contribution < -0.4 is 0 Å². The average Bonchev–Trinajstić information content (AvgIpc) is 2.93. The summed E-state index contributed by atoms with van der Waals surface area (Å²) < 4.78 is 14.1. The Hall–Kier alpha value is -1.29. The molecule has 0 aromatic carbocycles. The van der Waals surface area contributed by atoms with Gasteiger partial charge in [0.15, 0.2) is 0 Å². The van der Waals surface area contributed by atoms with Crippen LogP contribution in [0.5, 0.6) is 0 Å². The van der Waals surface area contributed by atoms with Gasteiger partial charge in [0.2, 0.25) is 0 Å². The average molecular weight is 320 g/mol. The molecule has 0 aliphatic carbocycles. The molecule has 0 radical (unpaired) electrons. The quantitative estimate of drug-likeness (QED) is 0.692. The van der Waals surface area contributed by atoms with Gasteiger partial charge in [-0.3, -0.25) is 0 Å². The Morgan fingerprint density at radius 1 is 1.32 bits per heavy atom. The molecule has 0 saturated carbocycles. The maximum Gasteiger partial charge on any atom is 0.147 e. The van der Waals surface area contributed by atoms with Crippen LogP contribution in [0, 0.1) is 0 Å². The lowest BCUT2D eigenvalue weighted by Crippen LogP contribution is -2.15. The molecular weight excluding hydrogens is 295 g/mol. The van der Waals surface area contributed by atoms with Crippen molar-refractivity contribution in [2.75, 3.05) is 0 Å². The summed E-state index contributed by atoms with van der Waals surface area (Å²) in [5.41, 5.74) is 0.420. The van der Waals surface area contributed by atoms with Crippen LogP contribution >= 0.6 is 11.3 Å². The van der Waals surface area contributed by atoms with E-state index >= 15 is 0 Å². The van der Waals surface area contributed by atoms with Gasteiger partial charge < -0.3 is 0 Å². The molecule has 4 heteroatoms. The Balaban J connectivity index is 2.20. The third-order valence-corrected chi connectivity index (χ3v) is 4.91. The van der Waals surface area contributed by atoms with Crippen LogP contribution in [-0.4, -0.2) is 9.97 Å². The smallest absolute Gasteiger partial charge is 0.147 e. The molecule has 2 aromatic rings. The normalized spacial score (nSPS) is 13.6. The van der Waals surface area contributed by atoms with Crippen molar-refractivity contribution in [1.82, 2.24) is 9.97 Å². The second kappa shape index (κ2) is 6.86. The van der Waals surface area contributed by atoms with Crippen molar-refractivity contribution in [2.45, 2.75) is 65.0 Å². The van der Waals surface area contributed by atoms with Crippen LogP contribution in [0.1, 0.15) is 74.8 Å². The molecule has 0 N–H and O–H groups in total. The van der Waals surface area contributed by atoms with Crippen LogP contribution in [-0.2, 0) is 12.1 Å². The van der Waals surface area contributed by atoms with Crippen molar-refractivity contribution in [3.05, 3.63) is 45.7 Å². The monoisotopic (exact) mass is 320 g/mol. The zero-order valence-electron chi connectivity index (χ0n) is 14.1. The first kappa shape index (κ1) is 17.1. The van der Waals surface area contributed by atoms with Gasteiger partial charge in [0.05, 0.1) is 5.69 Å². The summed E-state index contributed by atoms with van der Waals surface area (Å²) >= 11 is 1.80. The fraction of sp³-hybridized carbons (Fsp3) is 0.556. The minimum absolute atomic E-state index is 0.237. The third kappa shape index (κ3) is 4.13. The van der Waals surface area contributed by atoms with E-state index in [0.717, 1.165) is 18.7 Å². The molecule has 22 heavy (non-hydrogen) atoms. The first-order chi connectivity index (χ1) is 10.3. The van der Waals surface area contributed by atoms with Crippen molar-refractivity contribution < 1.29 is 4.39 Å². The molecule has 2 nitrogen and oxygen atoms in total. The van der Waals surface area contributed by atoms with Gasteiger partial charge in [-0.1, -0.05) is 20.8 Å². The number of aromatic nitrogens is 2. The van der Waals surface area contributed by atoms with Crippen LogP contribution in [0.25, 0.3) is 0 Å². The van der Waals surface area contributed by atoms with Crippen LogP contribution in [0.3, 0.4) is 0 Å². The number of thiophene rings is 1. The van der Waals surface area contributed by atoms with Gasteiger partial charge in [-0.05, 0) is 55.7 Å². The van der Waals surface area contributed by atoms with Crippen LogP contribution in [0.2, 0.25) is 0 Å². The summed E-state index contributed by atoms with van der Waals surface area (Å²) in [6.45, 7) is 9.62. The molecule has 0 aliphatic heterocycles. The lowest BCUT2D eigenvalue weighted by atomic mass is 9.98. The van der Waals surface area contributed by atoms with Gasteiger partial charge in [-0.25, -0.2) is 14.4 Å². The minimum atomic E-state index is -1.43. The van der Waals surface area contributed by atoms with E-state index in [-0.39, 0.29) is 5.92 Å². The summed E-state index contributed by atoms with van der Waals surface area (Å²) in [7, 11) is 0. The zero-order valence-corrected chi connectivity index (χ0v) is 14.9. The van der Waals surface area contributed by atoms with E-state index in [9.17, 15) is 4.39 Å². The molecule has 1 unspecified atom stereocenters. The van der Waals surface area contributed by atoms with Crippen LogP contribution in [0.4, 0.5) is 4.39 Å². The van der Waals surface area contributed by atoms with E-state index in [2.05, 4.69) is 42.2 Å². The Morgan fingerprint density at radius 2 is 2.05 bits per heavy atom. The predicted molar refractivity (Wildman–Crippen MR) is 91.3 cm³/mol. The maximum atomic E-state index is 14.1. The Morgan fingerprint density at radius 3 is 2.59 bits per heavy atom. The molecular formula is C18H25FN2S. The molecule has 0 saturated heterocycles. The lowest BCUT2D eigenvalue weighted by molar-refractivity contribution is 0.213. The summed E-state index contributed by atoms with van der Waals surface area (Å²) in [5.74, 6) is 1.54. The molecule has 2 rings (SSSR count). The highest BCUT2D eigenvalue weighted by molar-refractivity contribution is 7.10. The van der Waals surface area contributed by atoms with E-state index in [0.29, 0.717) is 11.6 Å². The standard InChI is InChI=1S/C18H25FN2S/c1-6-13(9-15-10-14(11-22-15)12(2)3)17-20-8-7-16(21-17)18(4,5)19/h7-8,10-13H,6,9H2,1-5H3. The minimum Gasteiger partial charge on any atom is -0.241 e. The summed E-state index contributed by atoms with van der Waals surface area (Å²) in [5, 5.41) is 2.23. The van der Waals surface area contributed by atoms with E-state index in [1.54, 1.807) is 23.6 Å². The summed E-state index contributed by atoms with van der Waals surface area (Å²) in [4.78, 5) is 10.2. The molecule has 0 aliphatic rings. The highest BCUT2D eigenvalue weighted by atomic mass is 32.1. The van der Waals surface area contributed by atoms with Gasteiger partial charge in [-0.15, -0.1) is 11.3 Å². The first-order valence-corrected chi connectivity index (χ1v) is 8.78. The molecule has 0 bridgehead atoms. The number of hydrogen-bond acceptors (Lipinski definition) is 3. The predicted octanol–water partition coefficient (Wildman–Crippen LogP) is 5.60. The zero-order chi connectivity index (χ0) is 16.3. The Kier molecular flexibility index (Phi) is 5.32. The summed E-state index contributed by atoms with van der Waals surface area (Å²) in [6, 6.07) is 3.94. The molecule has 0 amide bonds. The number of rotatable bonds is 6. The largest absolute Gasteiger partial charge is 0.241 e. The van der Waals surface area contributed by atoms with Crippen molar-refractivity contribution in [2.24, 2.45) is 0 Å². The van der Waals surface area contributed by atoms with Gasteiger partial charge in [-0.2, -0.15) is 0 Å². The topological polar surface area (TPSA) is 25.8 Å². The van der Waals surface area contributed by atoms with E-state index in [1.165, 1.54) is 24.3 Å². The number of nitrogens with zero attached hydrogens (tertiary/aromatic N) is 2. The summed E-state index contributed by atoms with van der Waals surface area (Å²) in [6.07, 6.45) is 3.55. The van der Waals surface area contributed by atoms with Gasteiger partial charge in [0.1, 0.15) is 11.5 Å². The Labute approximate surface area is 136 Å². The number of hydrogen-bond donors (Lipinski definition) is 0. The lowest BCUT2D eigenvalue weighted by Gasteiger charge is -2.17. The van der Waals surface area contributed by atoms with Crippen LogP contribution in [0.15, 0.2) is 23.7 Å². The maximum absolute atomic E-state index is 14.1. The highest BCUT2D eigenvalue weighted by Crippen LogP contribution is 2.29. The molecule has 0 spiro atoms. The van der Waals surface area contributed by atoms with E-state index in [1.807, 2.05) is 0 Å². The molecule has 0 fully saturated rings. The molecule has 1 atom stereocenters. The van der Waals surface area contributed by atoms with Gasteiger partial charge >= 0.3 is 0 Å². The van der Waals surface area contributed by atoms with E-state index in [4.69, 9.17) is 0 Å². The van der Waals surface area contributed by atoms with Crippen molar-refractivity contribution >= 4 is 11.3 Å². The molecule has 2 aromatic heterocycles. The highest BCUT2D eigenvalue weighted by Gasteiger charge is 2.23. The fourth-order valence-electron chi connectivity index (χ4n) is 2.37. The van der Waals surface area contributed by atoms with Crippen molar-refractivity contribution in [1.29, 1.82) is 0 Å². The van der Waals surface area contributed by atoms with Crippen molar-refractivity contribution in [3.8, 4) is 0 Å².